The topological polar surface area (TPSA) is 93.6 Å². The highest BCUT2D eigenvalue weighted by Crippen LogP contribution is 2.37. The molecule has 2 N–H and O–H groups in total. The maximum Gasteiger partial charge on any atom is 0.306 e. The summed E-state index contributed by atoms with van der Waals surface area (Å²) in [6.07, 6.45) is 2.86. The van der Waals surface area contributed by atoms with E-state index in [0.29, 0.717) is 24.4 Å². The largest absolute Gasteiger partial charge is 0.481 e. The van der Waals surface area contributed by atoms with Crippen LogP contribution in [0.25, 0.3) is 10.9 Å². The van der Waals surface area contributed by atoms with Crippen molar-refractivity contribution in [3.05, 3.63) is 52.8 Å². The van der Waals surface area contributed by atoms with Crippen LogP contribution in [0, 0.1) is 5.92 Å². The number of rotatable bonds is 5. The van der Waals surface area contributed by atoms with E-state index in [-0.39, 0.29) is 18.6 Å². The Morgan fingerprint density at radius 3 is 2.68 bits per heavy atom. The fraction of sp³-hybridized carbons (Fsp3) is 0.348. The zero-order valence-corrected chi connectivity index (χ0v) is 17.6. The van der Waals surface area contributed by atoms with Gasteiger partial charge in [-0.2, -0.15) is 0 Å². The molecule has 0 spiro atoms. The lowest BCUT2D eigenvalue weighted by Crippen LogP contribution is -2.21. The van der Waals surface area contributed by atoms with Crippen molar-refractivity contribution in [2.45, 2.75) is 38.1 Å². The Hall–Kier alpha value is -3.06. The second kappa shape index (κ2) is 8.23. The van der Waals surface area contributed by atoms with Gasteiger partial charge in [-0.1, -0.05) is 17.7 Å². The molecule has 0 unspecified atom stereocenters. The van der Waals surface area contributed by atoms with Crippen LogP contribution in [0.4, 0.5) is 5.82 Å². The third kappa shape index (κ3) is 4.10. The number of halogens is 1. The highest BCUT2D eigenvalue weighted by atomic mass is 35.5. The van der Waals surface area contributed by atoms with Gasteiger partial charge in [0.05, 0.1) is 11.4 Å². The molecular formula is C23H22ClN3O4. The first-order valence-corrected chi connectivity index (χ1v) is 10.8. The highest BCUT2D eigenvalue weighted by Gasteiger charge is 2.28. The molecule has 1 fully saturated rings. The summed E-state index contributed by atoms with van der Waals surface area (Å²) >= 11 is 6.24. The summed E-state index contributed by atoms with van der Waals surface area (Å²) in [5.74, 6) is 2.15. The van der Waals surface area contributed by atoms with Crippen molar-refractivity contribution in [2.24, 2.45) is 5.92 Å². The van der Waals surface area contributed by atoms with Gasteiger partial charge >= 0.3 is 5.97 Å². The Balaban J connectivity index is 1.42. The Labute approximate surface area is 184 Å². The summed E-state index contributed by atoms with van der Waals surface area (Å²) in [5.41, 5.74) is 1.87. The molecule has 8 heteroatoms. The van der Waals surface area contributed by atoms with Crippen LogP contribution in [0.2, 0.25) is 5.02 Å². The van der Waals surface area contributed by atoms with Crippen molar-refractivity contribution < 1.29 is 19.4 Å². The molecule has 0 bridgehead atoms. The average molecular weight is 440 g/mol. The number of benzene rings is 2. The maximum atomic E-state index is 11.3. The number of aliphatic carboxylic acids is 1. The third-order valence-corrected chi connectivity index (χ3v) is 6.25. The van der Waals surface area contributed by atoms with E-state index in [1.54, 1.807) is 0 Å². The van der Waals surface area contributed by atoms with Gasteiger partial charge < -0.3 is 19.9 Å². The van der Waals surface area contributed by atoms with E-state index in [1.165, 1.54) is 0 Å². The van der Waals surface area contributed by atoms with Crippen LogP contribution < -0.4 is 14.8 Å². The Kier molecular flexibility index (Phi) is 5.28. The lowest BCUT2D eigenvalue weighted by Gasteiger charge is -2.25. The Bertz CT molecular complexity index is 1150. The van der Waals surface area contributed by atoms with Crippen molar-refractivity contribution >= 4 is 34.3 Å². The van der Waals surface area contributed by atoms with Crippen LogP contribution in [0.15, 0.2) is 36.4 Å². The van der Waals surface area contributed by atoms with Gasteiger partial charge in [-0.3, -0.25) is 4.79 Å². The number of hydrogen-bond donors (Lipinski definition) is 2. The molecule has 31 heavy (non-hydrogen) atoms. The number of nitrogens with one attached hydrogen (secondary N) is 1. The van der Waals surface area contributed by atoms with E-state index in [1.807, 2.05) is 36.4 Å². The molecule has 1 saturated carbocycles. The maximum absolute atomic E-state index is 11.3. The minimum Gasteiger partial charge on any atom is -0.481 e. The lowest BCUT2D eigenvalue weighted by molar-refractivity contribution is -0.142. The number of carboxylic acids is 1. The van der Waals surface area contributed by atoms with Crippen molar-refractivity contribution in [2.75, 3.05) is 12.1 Å². The van der Waals surface area contributed by atoms with Crippen LogP contribution in [0.3, 0.4) is 0 Å². The molecule has 1 aliphatic heterocycles. The summed E-state index contributed by atoms with van der Waals surface area (Å²) in [7, 11) is 0. The zero-order chi connectivity index (χ0) is 21.4. The quantitative estimate of drug-likeness (QED) is 0.578. The second-order valence-corrected chi connectivity index (χ2v) is 8.46. The molecular weight excluding hydrogens is 418 g/mol. The van der Waals surface area contributed by atoms with Crippen LogP contribution >= 0.6 is 11.6 Å². The fourth-order valence-corrected chi connectivity index (χ4v) is 4.44. The molecule has 0 saturated heterocycles. The molecule has 7 nitrogen and oxygen atoms in total. The standard InChI is InChI=1S/C23H22ClN3O4/c24-16-6-7-18-17(10-16)22(25-11-13-1-8-19-20(9-13)31-12-30-19)27-21(26-18)14-2-4-15(5-3-14)23(28)29/h1,6-10,14-15H,2-5,11-12H2,(H,28,29)(H,25,26,27). The predicted octanol–water partition coefficient (Wildman–Crippen LogP) is 4.98. The van der Waals surface area contributed by atoms with Crippen molar-refractivity contribution in [3.63, 3.8) is 0 Å². The lowest BCUT2D eigenvalue weighted by atomic mass is 9.81. The summed E-state index contributed by atoms with van der Waals surface area (Å²) in [5, 5.41) is 14.2. The van der Waals surface area contributed by atoms with E-state index in [0.717, 1.165) is 52.4 Å². The molecule has 2 aromatic carbocycles. The van der Waals surface area contributed by atoms with E-state index in [9.17, 15) is 9.90 Å². The first kappa shape index (κ1) is 19.9. The van der Waals surface area contributed by atoms with E-state index < -0.39 is 5.97 Å². The normalized spacial score (nSPS) is 20.0. The van der Waals surface area contributed by atoms with Gasteiger partial charge in [0, 0.05) is 22.9 Å². The summed E-state index contributed by atoms with van der Waals surface area (Å²) < 4.78 is 10.8. The molecule has 5 rings (SSSR count). The molecule has 0 radical (unpaired) electrons. The van der Waals surface area contributed by atoms with Gasteiger partial charge in [0.15, 0.2) is 11.5 Å². The highest BCUT2D eigenvalue weighted by molar-refractivity contribution is 6.31. The van der Waals surface area contributed by atoms with Gasteiger partial charge in [0.1, 0.15) is 11.6 Å². The number of nitrogens with zero attached hydrogens (tertiary/aromatic N) is 2. The predicted molar refractivity (Wildman–Crippen MR) is 117 cm³/mol. The number of ether oxygens (including phenoxy) is 2. The van der Waals surface area contributed by atoms with Crippen molar-refractivity contribution in [1.29, 1.82) is 0 Å². The first-order valence-electron chi connectivity index (χ1n) is 10.4. The molecule has 0 amide bonds. The monoisotopic (exact) mass is 439 g/mol. The minimum atomic E-state index is -0.710. The number of aromatic nitrogens is 2. The molecule has 3 aromatic rings. The molecule has 2 heterocycles. The molecule has 1 aromatic heterocycles. The molecule has 2 aliphatic rings. The molecule has 0 atom stereocenters. The number of carbonyl (C=O) groups is 1. The van der Waals surface area contributed by atoms with Gasteiger partial charge in [0.25, 0.3) is 0 Å². The van der Waals surface area contributed by atoms with E-state index >= 15 is 0 Å². The molecule has 160 valence electrons. The zero-order valence-electron chi connectivity index (χ0n) is 16.8. The third-order valence-electron chi connectivity index (χ3n) is 6.01. The van der Waals surface area contributed by atoms with Gasteiger partial charge in [-0.25, -0.2) is 9.97 Å². The number of fused-ring (bicyclic) bond motifs is 2. The SMILES string of the molecule is O=C(O)C1CCC(c2nc(NCc3ccc4c(c3)OCO4)c3cc(Cl)ccc3n2)CC1. The van der Waals surface area contributed by atoms with Gasteiger partial charge in [0.2, 0.25) is 6.79 Å². The summed E-state index contributed by atoms with van der Waals surface area (Å²) in [6.45, 7) is 0.801. The van der Waals surface area contributed by atoms with Crippen LogP contribution in [-0.4, -0.2) is 27.8 Å². The van der Waals surface area contributed by atoms with Crippen molar-refractivity contribution in [1.82, 2.24) is 9.97 Å². The first-order chi connectivity index (χ1) is 15.1. The van der Waals surface area contributed by atoms with E-state index in [4.69, 9.17) is 31.0 Å². The van der Waals surface area contributed by atoms with Crippen LogP contribution in [-0.2, 0) is 11.3 Å². The fourth-order valence-electron chi connectivity index (χ4n) is 4.27. The molecule has 1 aliphatic carbocycles. The van der Waals surface area contributed by atoms with Crippen LogP contribution in [0.1, 0.15) is 43.0 Å². The number of anilines is 1. The summed E-state index contributed by atoms with van der Waals surface area (Å²) in [6, 6.07) is 11.4. The van der Waals surface area contributed by atoms with E-state index in [2.05, 4.69) is 5.32 Å². The Morgan fingerprint density at radius 1 is 1.06 bits per heavy atom. The summed E-state index contributed by atoms with van der Waals surface area (Å²) in [4.78, 5) is 20.9. The average Bonchev–Trinajstić information content (AvgIpc) is 3.25. The second-order valence-electron chi connectivity index (χ2n) is 8.02. The number of hydrogen-bond acceptors (Lipinski definition) is 6. The van der Waals surface area contributed by atoms with Crippen LogP contribution in [0.5, 0.6) is 11.5 Å². The van der Waals surface area contributed by atoms with Crippen molar-refractivity contribution in [3.8, 4) is 11.5 Å². The van der Waals surface area contributed by atoms with Gasteiger partial charge in [-0.15, -0.1) is 0 Å². The Morgan fingerprint density at radius 2 is 1.87 bits per heavy atom. The smallest absolute Gasteiger partial charge is 0.306 e. The number of carboxylic acid groups (broad SMARTS) is 1. The minimum absolute atomic E-state index is 0.154. The van der Waals surface area contributed by atoms with Gasteiger partial charge in [-0.05, 0) is 61.6 Å².